The molecule has 0 saturated carbocycles. The molecule has 0 saturated heterocycles. The van der Waals surface area contributed by atoms with E-state index in [0.29, 0.717) is 0 Å². The van der Waals surface area contributed by atoms with Crippen molar-refractivity contribution in [2.24, 2.45) is 0 Å². The van der Waals surface area contributed by atoms with Crippen LogP contribution in [0.3, 0.4) is 0 Å². The van der Waals surface area contributed by atoms with E-state index in [9.17, 15) is 0 Å². The Labute approximate surface area is 49.7 Å². The molecule has 3 heteroatoms. The second-order valence-electron chi connectivity index (χ2n) is 0.921. The van der Waals surface area contributed by atoms with Crippen LogP contribution in [0.4, 0.5) is 0 Å². The van der Waals surface area contributed by atoms with E-state index in [1.165, 1.54) is 0 Å². The van der Waals surface area contributed by atoms with E-state index in [1.54, 1.807) is 27.9 Å². The Morgan fingerprint density at radius 3 is 2.17 bits per heavy atom. The van der Waals surface area contributed by atoms with Crippen LogP contribution < -0.4 is 0 Å². The third-order valence-electron chi connectivity index (χ3n) is 0.498. The Kier molecular flexibility index (Phi) is 4.21. The van der Waals surface area contributed by atoms with Gasteiger partial charge in [-0.1, -0.05) is 0 Å². The van der Waals surface area contributed by atoms with Crippen LogP contribution >= 0.6 is 0 Å². The summed E-state index contributed by atoms with van der Waals surface area (Å²) in [5.41, 5.74) is 0. The predicted molar refractivity (Wildman–Crippen MR) is 17.6 cm³/mol. The average Bonchev–Trinajstić information content (AvgIpc) is 1.65. The first-order valence-corrected chi connectivity index (χ1v) is 2.30. The summed E-state index contributed by atoms with van der Waals surface area (Å²) in [5.74, 6) is 0. The van der Waals surface area contributed by atoms with Gasteiger partial charge in [0.15, 0.2) is 0 Å². The third-order valence-corrected chi connectivity index (χ3v) is 1.02. The summed E-state index contributed by atoms with van der Waals surface area (Å²) in [4.78, 5) is 0. The quantitative estimate of drug-likeness (QED) is 0.392. The average molecular weight is 123 g/mol. The van der Waals surface area contributed by atoms with Crippen molar-refractivity contribution in [3.8, 4) is 0 Å². The van der Waals surface area contributed by atoms with Crippen LogP contribution in [0.5, 0.6) is 0 Å². The topological polar surface area (TPSA) is 18.5 Å². The van der Waals surface area contributed by atoms with Crippen molar-refractivity contribution in [2.45, 2.75) is 13.2 Å². The van der Waals surface area contributed by atoms with Gasteiger partial charge in [0, 0.05) is 0 Å². The normalized spacial score (nSPS) is 14.2. The van der Waals surface area contributed by atoms with Gasteiger partial charge >= 0.3 is 49.2 Å². The molecule has 0 radical (unpaired) electrons. The molecule has 0 aliphatic heterocycles. The Morgan fingerprint density at radius 1 is 1.67 bits per heavy atom. The van der Waals surface area contributed by atoms with E-state index < -0.39 is 0 Å². The summed E-state index contributed by atoms with van der Waals surface area (Å²) < 4.78 is 9.35. The van der Waals surface area contributed by atoms with Crippen molar-refractivity contribution >= 4 is 0 Å². The molecule has 0 N–H and O–H groups in total. The molecule has 2 nitrogen and oxygen atoms in total. The number of methoxy groups -OCH3 is 1. The van der Waals surface area contributed by atoms with Crippen LogP contribution in [0, 0.1) is 0 Å². The van der Waals surface area contributed by atoms with Gasteiger partial charge in [-0.2, -0.15) is 0 Å². The molecular formula is C3H7O2Ti. The molecular weight excluding hydrogens is 116 g/mol. The molecule has 0 aromatic carbocycles. The van der Waals surface area contributed by atoms with Crippen molar-refractivity contribution in [1.82, 2.24) is 0 Å². The molecule has 0 heterocycles. The fourth-order valence-corrected chi connectivity index (χ4v) is 0.198. The molecule has 0 aliphatic rings. The van der Waals surface area contributed by atoms with Crippen LogP contribution in [-0.4, -0.2) is 13.4 Å². The fraction of sp³-hybridized carbons (Fsp3) is 1.00. The predicted octanol–water partition coefficient (Wildman–Crippen LogP) is 0.457. The zero-order chi connectivity index (χ0) is 4.99. The van der Waals surface area contributed by atoms with E-state index in [4.69, 9.17) is 0 Å². The molecule has 0 spiro atoms. The first-order chi connectivity index (χ1) is 2.81. The first kappa shape index (κ1) is 6.63. The van der Waals surface area contributed by atoms with Crippen LogP contribution in [0.15, 0.2) is 0 Å². The minimum atomic E-state index is -0.0648. The summed E-state index contributed by atoms with van der Waals surface area (Å²) in [6, 6.07) is 0. The zero-order valence-corrected chi connectivity index (χ0v) is 5.46. The molecule has 1 atom stereocenters. The van der Waals surface area contributed by atoms with Crippen molar-refractivity contribution in [1.29, 1.82) is 0 Å². The van der Waals surface area contributed by atoms with Gasteiger partial charge in [-0.15, -0.1) is 0 Å². The Balaban J connectivity index is 2.75. The molecule has 6 heavy (non-hydrogen) atoms. The molecule has 0 aliphatic carbocycles. The van der Waals surface area contributed by atoms with Gasteiger partial charge in [0.2, 0.25) is 0 Å². The van der Waals surface area contributed by atoms with E-state index in [2.05, 4.69) is 8.06 Å². The SMILES string of the molecule is COC(C)[O][Ti]. The van der Waals surface area contributed by atoms with Crippen LogP contribution in [0.2, 0.25) is 0 Å². The molecule has 0 amide bonds. The van der Waals surface area contributed by atoms with Crippen LogP contribution in [-0.2, 0) is 28.9 Å². The molecule has 0 rings (SSSR count). The van der Waals surface area contributed by atoms with Crippen LogP contribution in [0.1, 0.15) is 6.92 Å². The van der Waals surface area contributed by atoms with Crippen molar-refractivity contribution in [3.05, 3.63) is 0 Å². The number of rotatable bonds is 2. The second kappa shape index (κ2) is 3.81. The number of hydrogen-bond acceptors (Lipinski definition) is 2. The van der Waals surface area contributed by atoms with Crippen molar-refractivity contribution in [2.75, 3.05) is 7.11 Å². The van der Waals surface area contributed by atoms with Crippen molar-refractivity contribution < 1.29 is 28.9 Å². The van der Waals surface area contributed by atoms with Crippen molar-refractivity contribution in [3.63, 3.8) is 0 Å². The van der Waals surface area contributed by atoms with Gasteiger partial charge in [0.1, 0.15) is 0 Å². The Bertz CT molecular complexity index is 28.0. The molecule has 0 aromatic rings. The molecule has 0 aromatic heterocycles. The van der Waals surface area contributed by atoms with E-state index in [1.807, 2.05) is 6.92 Å². The second-order valence-corrected chi connectivity index (χ2v) is 1.29. The minimum absolute atomic E-state index is 0.0648. The van der Waals surface area contributed by atoms with Gasteiger partial charge < -0.3 is 0 Å². The third kappa shape index (κ3) is 2.85. The van der Waals surface area contributed by atoms with Gasteiger partial charge in [0.25, 0.3) is 0 Å². The Morgan fingerprint density at radius 2 is 2.17 bits per heavy atom. The summed E-state index contributed by atoms with van der Waals surface area (Å²) >= 11 is 1.61. The standard InChI is InChI=1S/C3H7O2.Ti/c1-3(4)5-2;/h3H,1-2H3;/q-1;+1. The molecule has 35 valence electrons. The van der Waals surface area contributed by atoms with E-state index >= 15 is 0 Å². The summed E-state index contributed by atoms with van der Waals surface area (Å²) in [6.07, 6.45) is -0.0648. The fourth-order valence-electron chi connectivity index (χ4n) is 0.0481. The number of hydrogen-bond donors (Lipinski definition) is 0. The molecule has 0 fully saturated rings. The zero-order valence-electron chi connectivity index (χ0n) is 3.89. The summed E-state index contributed by atoms with van der Waals surface area (Å²) in [7, 11) is 1.61. The summed E-state index contributed by atoms with van der Waals surface area (Å²) in [6.45, 7) is 1.83. The van der Waals surface area contributed by atoms with E-state index in [-0.39, 0.29) is 6.29 Å². The maximum absolute atomic E-state index is 4.68. The molecule has 1 unspecified atom stereocenters. The first-order valence-electron chi connectivity index (χ1n) is 1.66. The Hall–Kier alpha value is 0.634. The van der Waals surface area contributed by atoms with Gasteiger partial charge in [0.05, 0.1) is 0 Å². The number of ether oxygens (including phenoxy) is 1. The maximum atomic E-state index is 4.68. The summed E-state index contributed by atoms with van der Waals surface area (Å²) in [5, 5.41) is 0. The van der Waals surface area contributed by atoms with Gasteiger partial charge in [-0.3, -0.25) is 0 Å². The van der Waals surface area contributed by atoms with Gasteiger partial charge in [-0.05, 0) is 0 Å². The molecule has 0 bridgehead atoms. The van der Waals surface area contributed by atoms with E-state index in [0.717, 1.165) is 0 Å². The monoisotopic (exact) mass is 123 g/mol. The van der Waals surface area contributed by atoms with Gasteiger partial charge in [-0.25, -0.2) is 0 Å². The van der Waals surface area contributed by atoms with Crippen LogP contribution in [0.25, 0.3) is 0 Å².